The molecular formula is C7H9N5. The molecule has 0 spiro atoms. The highest BCUT2D eigenvalue weighted by molar-refractivity contribution is 4.88. The van der Waals surface area contributed by atoms with Gasteiger partial charge in [-0.25, -0.2) is 0 Å². The minimum Gasteiger partial charge on any atom is -0.265 e. The minimum absolute atomic E-state index is 1.39. The minimum atomic E-state index is 1.39. The summed E-state index contributed by atoms with van der Waals surface area (Å²) in [7, 11) is 1.72. The molecule has 2 aromatic rings. The molecule has 0 atom stereocenters. The molecule has 0 saturated carbocycles. The first-order chi connectivity index (χ1) is 5.89. The van der Waals surface area contributed by atoms with E-state index in [4.69, 9.17) is 0 Å². The first kappa shape index (κ1) is 8.32. The second-order valence-corrected chi connectivity index (χ2v) is 1.95. The maximum Gasteiger partial charge on any atom is 0.162 e. The van der Waals surface area contributed by atoms with E-state index in [2.05, 4.69) is 20.4 Å². The van der Waals surface area contributed by atoms with E-state index < -0.39 is 0 Å². The molecule has 0 radical (unpaired) electrons. The number of aryl methyl sites for hydroxylation is 1. The first-order valence-corrected chi connectivity index (χ1v) is 3.41. The molecule has 5 heteroatoms. The summed E-state index contributed by atoms with van der Waals surface area (Å²) in [6, 6.07) is 5.72. The first-order valence-electron chi connectivity index (χ1n) is 3.41. The molecule has 0 N–H and O–H groups in total. The number of pyridine rings is 1. The zero-order valence-electron chi connectivity index (χ0n) is 6.70. The van der Waals surface area contributed by atoms with Crippen LogP contribution in [-0.2, 0) is 7.05 Å². The SMILES string of the molecule is Cn1ncnn1.c1ccncc1. The Bertz CT molecular complexity index is 251. The van der Waals surface area contributed by atoms with Gasteiger partial charge >= 0.3 is 0 Å². The van der Waals surface area contributed by atoms with Crippen LogP contribution < -0.4 is 0 Å². The van der Waals surface area contributed by atoms with Crippen LogP contribution in [0.4, 0.5) is 0 Å². The number of aromatic nitrogens is 5. The number of rotatable bonds is 0. The van der Waals surface area contributed by atoms with Crippen LogP contribution in [0.15, 0.2) is 36.9 Å². The molecule has 2 heterocycles. The van der Waals surface area contributed by atoms with Gasteiger partial charge in [0, 0.05) is 12.4 Å². The van der Waals surface area contributed by atoms with Crippen LogP contribution >= 0.6 is 0 Å². The summed E-state index contributed by atoms with van der Waals surface area (Å²) in [5.74, 6) is 0. The molecule has 2 rings (SSSR count). The van der Waals surface area contributed by atoms with E-state index in [1.165, 1.54) is 11.1 Å². The summed E-state index contributed by atoms with van der Waals surface area (Å²) in [6.45, 7) is 0. The van der Waals surface area contributed by atoms with E-state index in [0.717, 1.165) is 0 Å². The average molecular weight is 163 g/mol. The van der Waals surface area contributed by atoms with Gasteiger partial charge in [-0.3, -0.25) is 4.98 Å². The molecule has 0 bridgehead atoms. The Morgan fingerprint density at radius 2 is 1.83 bits per heavy atom. The number of nitrogens with zero attached hydrogens (tertiary/aromatic N) is 5. The molecule has 0 unspecified atom stereocenters. The highest BCUT2D eigenvalue weighted by Gasteiger charge is 1.72. The molecule has 0 aliphatic rings. The van der Waals surface area contributed by atoms with Crippen LogP contribution in [0.1, 0.15) is 0 Å². The van der Waals surface area contributed by atoms with Crippen molar-refractivity contribution in [2.24, 2.45) is 7.05 Å². The summed E-state index contributed by atoms with van der Waals surface area (Å²) in [5.41, 5.74) is 0. The van der Waals surface area contributed by atoms with Crippen molar-refractivity contribution in [3.63, 3.8) is 0 Å². The Morgan fingerprint density at radius 1 is 1.08 bits per heavy atom. The Balaban J connectivity index is 0.000000120. The van der Waals surface area contributed by atoms with E-state index >= 15 is 0 Å². The lowest BCUT2D eigenvalue weighted by Gasteiger charge is -1.71. The summed E-state index contributed by atoms with van der Waals surface area (Å²) >= 11 is 0. The third-order valence-electron chi connectivity index (χ3n) is 1.02. The molecule has 0 aliphatic heterocycles. The maximum atomic E-state index is 3.78. The third-order valence-corrected chi connectivity index (χ3v) is 1.02. The molecule has 0 amide bonds. The second-order valence-electron chi connectivity index (χ2n) is 1.95. The molecule has 0 aromatic carbocycles. The van der Waals surface area contributed by atoms with Gasteiger partial charge in [-0.2, -0.15) is 4.80 Å². The molecule has 0 fully saturated rings. The van der Waals surface area contributed by atoms with Crippen molar-refractivity contribution >= 4 is 0 Å². The summed E-state index contributed by atoms with van der Waals surface area (Å²) in [5, 5.41) is 10.5. The fraction of sp³-hybridized carbons (Fsp3) is 0.143. The van der Waals surface area contributed by atoms with Crippen molar-refractivity contribution < 1.29 is 0 Å². The van der Waals surface area contributed by atoms with Gasteiger partial charge in [-0.1, -0.05) is 6.07 Å². The summed E-state index contributed by atoms with van der Waals surface area (Å²) in [6.07, 6.45) is 4.89. The van der Waals surface area contributed by atoms with Gasteiger partial charge in [0.15, 0.2) is 6.33 Å². The van der Waals surface area contributed by atoms with Crippen molar-refractivity contribution in [3.8, 4) is 0 Å². The van der Waals surface area contributed by atoms with Crippen LogP contribution in [0.2, 0.25) is 0 Å². The van der Waals surface area contributed by atoms with Crippen LogP contribution in [0, 0.1) is 0 Å². The lowest BCUT2D eigenvalue weighted by atomic mass is 10.5. The Labute approximate surface area is 70.1 Å². The molecule has 5 nitrogen and oxygen atoms in total. The fourth-order valence-electron chi connectivity index (χ4n) is 0.531. The van der Waals surface area contributed by atoms with Crippen LogP contribution in [0.5, 0.6) is 0 Å². The smallest absolute Gasteiger partial charge is 0.162 e. The highest BCUT2D eigenvalue weighted by Crippen LogP contribution is 1.73. The van der Waals surface area contributed by atoms with Crippen LogP contribution in [0.3, 0.4) is 0 Å². The molecule has 0 aliphatic carbocycles. The monoisotopic (exact) mass is 163 g/mol. The Kier molecular flexibility index (Phi) is 3.43. The standard InChI is InChI=1S/C5H5N.C2H4N4/c1-2-4-6-5-3-1;1-6-4-2-3-5-6/h1-5H;2H,1H3. The average Bonchev–Trinajstić information content (AvgIpc) is 2.60. The fourth-order valence-corrected chi connectivity index (χ4v) is 0.531. The van der Waals surface area contributed by atoms with E-state index in [1.54, 1.807) is 19.4 Å². The van der Waals surface area contributed by atoms with Crippen LogP contribution in [0.25, 0.3) is 0 Å². The van der Waals surface area contributed by atoms with Crippen molar-refractivity contribution in [2.75, 3.05) is 0 Å². The van der Waals surface area contributed by atoms with Crippen LogP contribution in [-0.4, -0.2) is 25.2 Å². The van der Waals surface area contributed by atoms with E-state index in [9.17, 15) is 0 Å². The largest absolute Gasteiger partial charge is 0.265 e. The predicted molar refractivity (Wildman–Crippen MR) is 43.0 cm³/mol. The second kappa shape index (κ2) is 4.95. The molecule has 62 valence electrons. The maximum absolute atomic E-state index is 3.78. The number of hydrogen-bond donors (Lipinski definition) is 0. The van der Waals surface area contributed by atoms with Gasteiger partial charge in [0.1, 0.15) is 0 Å². The quantitative estimate of drug-likeness (QED) is 0.560. The molecule has 0 saturated heterocycles. The summed E-state index contributed by atoms with van der Waals surface area (Å²) in [4.78, 5) is 5.17. The highest BCUT2D eigenvalue weighted by atomic mass is 15.6. The molecular weight excluding hydrogens is 154 g/mol. The summed E-state index contributed by atoms with van der Waals surface area (Å²) < 4.78 is 0. The lowest BCUT2D eigenvalue weighted by Crippen LogP contribution is -1.90. The van der Waals surface area contributed by atoms with E-state index in [1.807, 2.05) is 18.2 Å². The predicted octanol–water partition coefficient (Wildman–Crippen LogP) is 0.292. The van der Waals surface area contributed by atoms with Crippen molar-refractivity contribution in [2.45, 2.75) is 0 Å². The van der Waals surface area contributed by atoms with E-state index in [-0.39, 0.29) is 0 Å². The molecule has 2 aromatic heterocycles. The van der Waals surface area contributed by atoms with Gasteiger partial charge in [0.25, 0.3) is 0 Å². The third kappa shape index (κ3) is 3.40. The van der Waals surface area contributed by atoms with Gasteiger partial charge < -0.3 is 0 Å². The van der Waals surface area contributed by atoms with Gasteiger partial charge in [-0.15, -0.1) is 10.2 Å². The lowest BCUT2D eigenvalue weighted by molar-refractivity contribution is 0.630. The van der Waals surface area contributed by atoms with Crippen molar-refractivity contribution in [1.82, 2.24) is 25.2 Å². The molecule has 12 heavy (non-hydrogen) atoms. The zero-order valence-corrected chi connectivity index (χ0v) is 6.70. The van der Waals surface area contributed by atoms with Crippen molar-refractivity contribution in [1.29, 1.82) is 0 Å². The zero-order chi connectivity index (χ0) is 8.65. The van der Waals surface area contributed by atoms with Crippen molar-refractivity contribution in [3.05, 3.63) is 36.9 Å². The number of tetrazole rings is 1. The van der Waals surface area contributed by atoms with Gasteiger partial charge in [0.05, 0.1) is 7.05 Å². The topological polar surface area (TPSA) is 56.5 Å². The Hall–Kier alpha value is -1.78. The normalized spacial score (nSPS) is 8.42. The van der Waals surface area contributed by atoms with Gasteiger partial charge in [0.2, 0.25) is 0 Å². The van der Waals surface area contributed by atoms with Gasteiger partial charge in [-0.05, 0) is 17.3 Å². The van der Waals surface area contributed by atoms with E-state index in [0.29, 0.717) is 0 Å². The Morgan fingerprint density at radius 3 is 2.00 bits per heavy atom. The number of hydrogen-bond acceptors (Lipinski definition) is 4.